The van der Waals surface area contributed by atoms with Crippen LogP contribution in [-0.4, -0.2) is 32.1 Å². The molecule has 2 N–H and O–H groups in total. The predicted molar refractivity (Wildman–Crippen MR) is 92.4 cm³/mol. The first-order valence-electron chi connectivity index (χ1n) is 8.23. The summed E-state index contributed by atoms with van der Waals surface area (Å²) >= 11 is 0. The topological polar surface area (TPSA) is 76.7 Å². The van der Waals surface area contributed by atoms with Crippen LogP contribution in [0.25, 0.3) is 0 Å². The first-order valence-corrected chi connectivity index (χ1v) is 8.23. The predicted octanol–water partition coefficient (Wildman–Crippen LogP) is 2.73. The number of methoxy groups -OCH3 is 2. The number of hydrogen-bond acceptors (Lipinski definition) is 4. The second-order valence-electron chi connectivity index (χ2n) is 6.60. The van der Waals surface area contributed by atoms with Crippen molar-refractivity contribution in [2.24, 2.45) is 5.41 Å². The molecule has 0 aliphatic heterocycles. The molecule has 2 amide bonds. The fraction of sp³-hybridized carbons (Fsp3) is 0.556. The molecule has 0 atom stereocenters. The van der Waals surface area contributed by atoms with E-state index < -0.39 is 5.41 Å². The van der Waals surface area contributed by atoms with Crippen molar-refractivity contribution >= 4 is 17.5 Å². The van der Waals surface area contributed by atoms with E-state index in [1.165, 1.54) is 7.11 Å². The van der Waals surface area contributed by atoms with Crippen LogP contribution < -0.4 is 20.1 Å². The maximum absolute atomic E-state index is 12.6. The lowest BCUT2D eigenvalue weighted by molar-refractivity contribution is -0.138. The van der Waals surface area contributed by atoms with E-state index in [9.17, 15) is 9.59 Å². The molecule has 1 aromatic rings. The summed E-state index contributed by atoms with van der Waals surface area (Å²) in [4.78, 5) is 25.1. The van der Waals surface area contributed by atoms with Crippen LogP contribution in [0.5, 0.6) is 11.5 Å². The molecule has 0 radical (unpaired) electrons. The van der Waals surface area contributed by atoms with Crippen LogP contribution in [0.3, 0.4) is 0 Å². The molecule has 0 aromatic heterocycles. The second-order valence-corrected chi connectivity index (χ2v) is 6.60. The van der Waals surface area contributed by atoms with Gasteiger partial charge in [0, 0.05) is 12.1 Å². The molecule has 0 bridgehead atoms. The van der Waals surface area contributed by atoms with E-state index in [0.29, 0.717) is 17.2 Å². The SMILES string of the molecule is COc1ccc(NC(=O)C(C)(C)C(=O)NC2CCCC2)c(OC)c1. The monoisotopic (exact) mass is 334 g/mol. The lowest BCUT2D eigenvalue weighted by atomic mass is 9.90. The van der Waals surface area contributed by atoms with Crippen LogP contribution in [0, 0.1) is 5.41 Å². The molecule has 0 saturated heterocycles. The Morgan fingerprint density at radius 3 is 2.33 bits per heavy atom. The molecule has 1 aromatic carbocycles. The zero-order valence-electron chi connectivity index (χ0n) is 14.8. The summed E-state index contributed by atoms with van der Waals surface area (Å²) in [7, 11) is 3.08. The van der Waals surface area contributed by atoms with Gasteiger partial charge in [0.2, 0.25) is 11.8 Å². The minimum absolute atomic E-state index is 0.181. The third-order valence-electron chi connectivity index (χ3n) is 4.48. The third-order valence-corrected chi connectivity index (χ3v) is 4.48. The largest absolute Gasteiger partial charge is 0.497 e. The fourth-order valence-corrected chi connectivity index (χ4v) is 2.72. The van der Waals surface area contributed by atoms with E-state index >= 15 is 0 Å². The minimum atomic E-state index is -1.17. The number of hydrogen-bond donors (Lipinski definition) is 2. The fourth-order valence-electron chi connectivity index (χ4n) is 2.72. The highest BCUT2D eigenvalue weighted by molar-refractivity contribution is 6.10. The van der Waals surface area contributed by atoms with E-state index in [4.69, 9.17) is 9.47 Å². The highest BCUT2D eigenvalue weighted by Gasteiger charge is 2.37. The number of ether oxygens (including phenoxy) is 2. The maximum Gasteiger partial charge on any atom is 0.239 e. The Hall–Kier alpha value is -2.24. The molecule has 1 saturated carbocycles. The number of amides is 2. The summed E-state index contributed by atoms with van der Waals surface area (Å²) in [6, 6.07) is 5.28. The van der Waals surface area contributed by atoms with Crippen LogP contribution in [-0.2, 0) is 9.59 Å². The van der Waals surface area contributed by atoms with Gasteiger partial charge in [0.05, 0.1) is 19.9 Å². The molecular weight excluding hydrogens is 308 g/mol. The molecule has 132 valence electrons. The standard InChI is InChI=1S/C18H26N2O4/c1-18(2,16(21)19-12-7-5-6-8-12)17(22)20-14-10-9-13(23-3)11-15(14)24-4/h9-12H,5-8H2,1-4H3,(H,19,21)(H,20,22). The number of rotatable bonds is 6. The Kier molecular flexibility index (Phi) is 5.70. The van der Waals surface area contributed by atoms with Crippen LogP contribution in [0.15, 0.2) is 18.2 Å². The molecule has 0 unspecified atom stereocenters. The molecule has 0 spiro atoms. The van der Waals surface area contributed by atoms with Crippen LogP contribution in [0.2, 0.25) is 0 Å². The molecule has 6 heteroatoms. The number of nitrogens with one attached hydrogen (secondary N) is 2. The molecule has 2 rings (SSSR count). The summed E-state index contributed by atoms with van der Waals surface area (Å²) in [5.74, 6) is 0.485. The van der Waals surface area contributed by atoms with E-state index in [-0.39, 0.29) is 17.9 Å². The average Bonchev–Trinajstić information content (AvgIpc) is 3.07. The quantitative estimate of drug-likeness (QED) is 0.784. The molecule has 24 heavy (non-hydrogen) atoms. The summed E-state index contributed by atoms with van der Waals surface area (Å²) in [6.07, 6.45) is 4.22. The summed E-state index contributed by atoms with van der Waals surface area (Å²) in [6.45, 7) is 3.26. The van der Waals surface area contributed by atoms with Gasteiger partial charge in [-0.1, -0.05) is 12.8 Å². The first kappa shape index (κ1) is 18.1. The zero-order valence-corrected chi connectivity index (χ0v) is 14.8. The van der Waals surface area contributed by atoms with Gasteiger partial charge in [-0.15, -0.1) is 0 Å². The number of carbonyl (C=O) groups is 2. The van der Waals surface area contributed by atoms with Gasteiger partial charge in [-0.2, -0.15) is 0 Å². The Bertz CT molecular complexity index is 607. The van der Waals surface area contributed by atoms with Crippen molar-refractivity contribution in [2.75, 3.05) is 19.5 Å². The Morgan fingerprint density at radius 2 is 1.75 bits per heavy atom. The minimum Gasteiger partial charge on any atom is -0.497 e. The lowest BCUT2D eigenvalue weighted by Gasteiger charge is -2.25. The summed E-state index contributed by atoms with van der Waals surface area (Å²) in [5, 5.41) is 5.76. The van der Waals surface area contributed by atoms with Crippen molar-refractivity contribution in [3.8, 4) is 11.5 Å². The van der Waals surface area contributed by atoms with Gasteiger partial charge in [0.1, 0.15) is 16.9 Å². The van der Waals surface area contributed by atoms with Crippen LogP contribution >= 0.6 is 0 Å². The first-order chi connectivity index (χ1) is 11.4. The van der Waals surface area contributed by atoms with E-state index in [2.05, 4.69) is 10.6 Å². The van der Waals surface area contributed by atoms with E-state index in [1.54, 1.807) is 39.2 Å². The number of carbonyl (C=O) groups excluding carboxylic acids is 2. The van der Waals surface area contributed by atoms with Crippen molar-refractivity contribution < 1.29 is 19.1 Å². The lowest BCUT2D eigenvalue weighted by Crippen LogP contribution is -2.48. The Morgan fingerprint density at radius 1 is 1.08 bits per heavy atom. The zero-order chi connectivity index (χ0) is 17.7. The third kappa shape index (κ3) is 3.99. The molecule has 0 heterocycles. The van der Waals surface area contributed by atoms with Gasteiger partial charge in [-0.3, -0.25) is 9.59 Å². The highest BCUT2D eigenvalue weighted by atomic mass is 16.5. The highest BCUT2D eigenvalue weighted by Crippen LogP contribution is 2.31. The second kappa shape index (κ2) is 7.55. The van der Waals surface area contributed by atoms with Crippen LogP contribution in [0.1, 0.15) is 39.5 Å². The molecule has 1 aliphatic carbocycles. The van der Waals surface area contributed by atoms with Gasteiger partial charge >= 0.3 is 0 Å². The van der Waals surface area contributed by atoms with Crippen molar-refractivity contribution in [1.82, 2.24) is 5.32 Å². The number of anilines is 1. The van der Waals surface area contributed by atoms with Gasteiger partial charge < -0.3 is 20.1 Å². The van der Waals surface area contributed by atoms with Crippen molar-refractivity contribution in [3.63, 3.8) is 0 Å². The van der Waals surface area contributed by atoms with E-state index in [0.717, 1.165) is 25.7 Å². The van der Waals surface area contributed by atoms with E-state index in [1.807, 2.05) is 0 Å². The van der Waals surface area contributed by atoms with Gasteiger partial charge in [0.15, 0.2) is 0 Å². The van der Waals surface area contributed by atoms with Crippen molar-refractivity contribution in [3.05, 3.63) is 18.2 Å². The van der Waals surface area contributed by atoms with Gasteiger partial charge in [0.25, 0.3) is 0 Å². The molecular formula is C18H26N2O4. The average molecular weight is 334 g/mol. The van der Waals surface area contributed by atoms with Crippen LogP contribution in [0.4, 0.5) is 5.69 Å². The van der Waals surface area contributed by atoms with Gasteiger partial charge in [-0.05, 0) is 38.8 Å². The summed E-state index contributed by atoms with van der Waals surface area (Å²) in [5.41, 5.74) is -0.668. The summed E-state index contributed by atoms with van der Waals surface area (Å²) < 4.78 is 10.4. The molecule has 6 nitrogen and oxygen atoms in total. The number of benzene rings is 1. The normalized spacial score (nSPS) is 15.0. The van der Waals surface area contributed by atoms with Crippen molar-refractivity contribution in [1.29, 1.82) is 0 Å². The molecule has 1 fully saturated rings. The molecule has 1 aliphatic rings. The van der Waals surface area contributed by atoms with Gasteiger partial charge in [-0.25, -0.2) is 0 Å². The maximum atomic E-state index is 12.6. The Balaban J connectivity index is 2.08. The van der Waals surface area contributed by atoms with Crippen molar-refractivity contribution in [2.45, 2.75) is 45.6 Å². The smallest absolute Gasteiger partial charge is 0.239 e. The Labute approximate surface area is 142 Å².